The lowest BCUT2D eigenvalue weighted by atomic mass is 10.2. The van der Waals surface area contributed by atoms with E-state index in [9.17, 15) is 4.79 Å². The maximum absolute atomic E-state index is 11.7. The highest BCUT2D eigenvalue weighted by molar-refractivity contribution is 6.32. The van der Waals surface area contributed by atoms with Crippen LogP contribution in [0, 0.1) is 0 Å². The van der Waals surface area contributed by atoms with Gasteiger partial charge in [0.15, 0.2) is 0 Å². The van der Waals surface area contributed by atoms with Crippen molar-refractivity contribution in [2.24, 2.45) is 0 Å². The van der Waals surface area contributed by atoms with Crippen LogP contribution >= 0.6 is 11.6 Å². The van der Waals surface area contributed by atoms with Crippen molar-refractivity contribution in [3.63, 3.8) is 0 Å². The van der Waals surface area contributed by atoms with Gasteiger partial charge in [-0.05, 0) is 17.7 Å². The summed E-state index contributed by atoms with van der Waals surface area (Å²) >= 11 is 6.12. The zero-order valence-corrected chi connectivity index (χ0v) is 13.1. The molecule has 116 valence electrons. The summed E-state index contributed by atoms with van der Waals surface area (Å²) in [5.74, 6) is 0.503. The lowest BCUT2D eigenvalue weighted by Crippen LogP contribution is -2.30. The van der Waals surface area contributed by atoms with Crippen LogP contribution in [0.2, 0.25) is 5.02 Å². The van der Waals surface area contributed by atoms with Crippen molar-refractivity contribution in [2.75, 3.05) is 19.5 Å². The van der Waals surface area contributed by atoms with Gasteiger partial charge in [-0.25, -0.2) is 9.86 Å². The number of urea groups is 1. The van der Waals surface area contributed by atoms with E-state index in [0.717, 1.165) is 10.6 Å². The van der Waals surface area contributed by atoms with Crippen LogP contribution in [0.25, 0.3) is 0 Å². The number of amides is 2. The summed E-state index contributed by atoms with van der Waals surface area (Å²) in [5.41, 5.74) is 1.61. The molecule has 6 heteroatoms. The number of nitrogens with zero attached hydrogens (tertiary/aromatic N) is 1. The summed E-state index contributed by atoms with van der Waals surface area (Å²) < 4.78 is 5.70. The fourth-order valence-electron chi connectivity index (χ4n) is 1.71. The Morgan fingerprint density at radius 2 is 1.95 bits per heavy atom. The second-order valence-corrected chi connectivity index (χ2v) is 4.94. The van der Waals surface area contributed by atoms with Gasteiger partial charge in [0.25, 0.3) is 0 Å². The first-order valence-corrected chi connectivity index (χ1v) is 7.03. The molecule has 2 amide bonds. The molecule has 2 aromatic rings. The van der Waals surface area contributed by atoms with Crippen LogP contribution in [0.1, 0.15) is 5.56 Å². The van der Waals surface area contributed by atoms with Crippen molar-refractivity contribution in [3.05, 3.63) is 59.1 Å². The highest BCUT2D eigenvalue weighted by atomic mass is 35.5. The molecule has 5 nitrogen and oxygen atoms in total. The van der Waals surface area contributed by atoms with Gasteiger partial charge in [-0.15, -0.1) is 0 Å². The first-order valence-electron chi connectivity index (χ1n) is 6.65. The van der Waals surface area contributed by atoms with Crippen LogP contribution in [-0.2, 0) is 11.4 Å². The molecule has 0 unspecified atom stereocenters. The third-order valence-electron chi connectivity index (χ3n) is 2.98. The molecule has 0 atom stereocenters. The quantitative estimate of drug-likeness (QED) is 0.849. The van der Waals surface area contributed by atoms with E-state index in [-0.39, 0.29) is 6.03 Å². The molecule has 0 aliphatic rings. The number of carbonyl (C=O) groups is 1. The van der Waals surface area contributed by atoms with Gasteiger partial charge < -0.3 is 10.1 Å². The predicted octanol–water partition coefficient (Wildman–Crippen LogP) is 3.94. The SMILES string of the molecule is CON(C)C(=O)Nc1ccc(Cl)c(OCc2ccccc2)c1. The van der Waals surface area contributed by atoms with Crippen molar-refractivity contribution >= 4 is 23.3 Å². The third kappa shape index (κ3) is 4.38. The molecule has 0 bridgehead atoms. The average molecular weight is 321 g/mol. The molecule has 0 heterocycles. The molecule has 2 aromatic carbocycles. The van der Waals surface area contributed by atoms with E-state index in [1.807, 2.05) is 30.3 Å². The van der Waals surface area contributed by atoms with Crippen molar-refractivity contribution in [1.29, 1.82) is 0 Å². The molecular formula is C16H17ClN2O3. The Morgan fingerprint density at radius 1 is 1.23 bits per heavy atom. The predicted molar refractivity (Wildman–Crippen MR) is 86.0 cm³/mol. The maximum atomic E-state index is 11.7. The Labute approximate surface area is 134 Å². The Morgan fingerprint density at radius 3 is 2.64 bits per heavy atom. The lowest BCUT2D eigenvalue weighted by Gasteiger charge is -2.15. The number of nitrogens with one attached hydrogen (secondary N) is 1. The number of ether oxygens (including phenoxy) is 1. The Kier molecular flexibility index (Phi) is 5.63. The normalized spacial score (nSPS) is 10.1. The van der Waals surface area contributed by atoms with Crippen LogP contribution in [0.4, 0.5) is 10.5 Å². The standard InChI is InChI=1S/C16H17ClN2O3/c1-19(21-2)16(20)18-13-8-9-14(17)15(10-13)22-11-12-6-4-3-5-7-12/h3-10H,11H2,1-2H3,(H,18,20). The molecular weight excluding hydrogens is 304 g/mol. The molecule has 0 radical (unpaired) electrons. The van der Waals surface area contributed by atoms with Gasteiger partial charge in [-0.2, -0.15) is 0 Å². The lowest BCUT2D eigenvalue weighted by molar-refractivity contribution is -0.0598. The molecule has 2 rings (SSSR count). The molecule has 1 N–H and O–H groups in total. The van der Waals surface area contributed by atoms with E-state index < -0.39 is 0 Å². The third-order valence-corrected chi connectivity index (χ3v) is 3.29. The number of halogens is 1. The number of rotatable bonds is 5. The first-order chi connectivity index (χ1) is 10.6. The number of benzene rings is 2. The molecule has 0 aliphatic heterocycles. The van der Waals surface area contributed by atoms with E-state index in [0.29, 0.717) is 23.1 Å². The molecule has 0 saturated carbocycles. The van der Waals surface area contributed by atoms with Crippen LogP contribution < -0.4 is 10.1 Å². The number of hydrogen-bond donors (Lipinski definition) is 1. The smallest absolute Gasteiger partial charge is 0.345 e. The summed E-state index contributed by atoms with van der Waals surface area (Å²) in [4.78, 5) is 16.5. The largest absolute Gasteiger partial charge is 0.487 e. The van der Waals surface area contributed by atoms with E-state index in [1.165, 1.54) is 14.2 Å². The molecule has 0 aliphatic carbocycles. The Balaban J connectivity index is 2.05. The minimum Gasteiger partial charge on any atom is -0.487 e. The molecule has 22 heavy (non-hydrogen) atoms. The summed E-state index contributed by atoms with van der Waals surface area (Å²) in [6.07, 6.45) is 0. The van der Waals surface area contributed by atoms with Crippen LogP contribution in [-0.4, -0.2) is 25.3 Å². The Bertz CT molecular complexity index is 635. The second kappa shape index (κ2) is 7.68. The zero-order valence-electron chi connectivity index (χ0n) is 12.4. The second-order valence-electron chi connectivity index (χ2n) is 4.53. The number of hydroxylamine groups is 2. The summed E-state index contributed by atoms with van der Waals surface area (Å²) in [6.45, 7) is 0.399. The summed E-state index contributed by atoms with van der Waals surface area (Å²) in [5, 5.41) is 4.24. The van der Waals surface area contributed by atoms with Crippen molar-refractivity contribution < 1.29 is 14.4 Å². The molecule has 0 aromatic heterocycles. The monoisotopic (exact) mass is 320 g/mol. The maximum Gasteiger partial charge on any atom is 0.345 e. The van der Waals surface area contributed by atoms with E-state index in [4.69, 9.17) is 21.2 Å². The van der Waals surface area contributed by atoms with Crippen LogP contribution in [0.5, 0.6) is 5.75 Å². The molecule has 0 saturated heterocycles. The number of carbonyl (C=O) groups excluding carboxylic acids is 1. The zero-order chi connectivity index (χ0) is 15.9. The van der Waals surface area contributed by atoms with E-state index >= 15 is 0 Å². The minimum absolute atomic E-state index is 0.390. The highest BCUT2D eigenvalue weighted by Crippen LogP contribution is 2.28. The van der Waals surface area contributed by atoms with E-state index in [2.05, 4.69) is 5.32 Å². The van der Waals surface area contributed by atoms with Gasteiger partial charge >= 0.3 is 6.03 Å². The fourth-order valence-corrected chi connectivity index (χ4v) is 1.88. The minimum atomic E-state index is -0.390. The van der Waals surface area contributed by atoms with Gasteiger partial charge in [0.2, 0.25) is 0 Å². The first kappa shape index (κ1) is 16.1. The topological polar surface area (TPSA) is 50.8 Å². The van der Waals surface area contributed by atoms with Gasteiger partial charge in [-0.1, -0.05) is 41.9 Å². The summed E-state index contributed by atoms with van der Waals surface area (Å²) in [6, 6.07) is 14.4. The van der Waals surface area contributed by atoms with Gasteiger partial charge in [0.1, 0.15) is 12.4 Å². The van der Waals surface area contributed by atoms with Gasteiger partial charge in [0, 0.05) is 18.8 Å². The number of anilines is 1. The van der Waals surface area contributed by atoms with Crippen molar-refractivity contribution in [1.82, 2.24) is 5.06 Å². The fraction of sp³-hybridized carbons (Fsp3) is 0.188. The van der Waals surface area contributed by atoms with Gasteiger partial charge in [-0.3, -0.25) is 4.84 Å². The van der Waals surface area contributed by atoms with Crippen LogP contribution in [0.3, 0.4) is 0 Å². The highest BCUT2D eigenvalue weighted by Gasteiger charge is 2.10. The van der Waals surface area contributed by atoms with E-state index in [1.54, 1.807) is 18.2 Å². The van der Waals surface area contributed by atoms with Crippen LogP contribution in [0.15, 0.2) is 48.5 Å². The molecule has 0 fully saturated rings. The van der Waals surface area contributed by atoms with Gasteiger partial charge in [0.05, 0.1) is 12.1 Å². The van der Waals surface area contributed by atoms with Crippen molar-refractivity contribution in [2.45, 2.75) is 6.61 Å². The summed E-state index contributed by atoms with van der Waals surface area (Å²) in [7, 11) is 2.92. The average Bonchev–Trinajstić information content (AvgIpc) is 2.55. The number of hydrogen-bond acceptors (Lipinski definition) is 3. The van der Waals surface area contributed by atoms with Crippen molar-refractivity contribution in [3.8, 4) is 5.75 Å². The molecule has 0 spiro atoms. The Hall–Kier alpha value is -2.24.